The van der Waals surface area contributed by atoms with E-state index in [9.17, 15) is 13.2 Å². The van der Waals surface area contributed by atoms with Crippen molar-refractivity contribution in [3.8, 4) is 5.69 Å². The molecule has 140 valence electrons. The number of para-hydroxylation sites is 1. The largest absolute Gasteiger partial charge is 0.290 e. The van der Waals surface area contributed by atoms with Crippen LogP contribution >= 0.6 is 11.6 Å². The van der Waals surface area contributed by atoms with Crippen molar-refractivity contribution >= 4 is 33.5 Å². The summed E-state index contributed by atoms with van der Waals surface area (Å²) >= 11 is 6.11. The molecule has 3 rings (SSSR count). The second kappa shape index (κ2) is 7.47. The molecule has 8 nitrogen and oxygen atoms in total. The molecule has 0 aliphatic heterocycles. The number of amides is 1. The molecule has 0 unspecified atom stereocenters. The molecule has 0 aliphatic rings. The van der Waals surface area contributed by atoms with E-state index in [0.717, 1.165) is 4.31 Å². The number of sulfonamides is 1. The molecule has 3 aromatic rings. The highest BCUT2D eigenvalue weighted by molar-refractivity contribution is 7.89. The van der Waals surface area contributed by atoms with Gasteiger partial charge >= 0.3 is 0 Å². The number of nitrogens with zero attached hydrogens (tertiary/aromatic N) is 4. The SMILES string of the molecule is CN(C)S(=O)(=O)c1ccc(Cl)c(C(=O)Nc2ncnn2-c2ccccc2)c1. The number of halogens is 1. The normalized spacial score (nSPS) is 11.6. The molecule has 0 atom stereocenters. The van der Waals surface area contributed by atoms with Crippen LogP contribution in [0.25, 0.3) is 5.69 Å². The van der Waals surface area contributed by atoms with Crippen LogP contribution in [0.5, 0.6) is 0 Å². The number of carbonyl (C=O) groups excluding carboxylic acids is 1. The summed E-state index contributed by atoms with van der Waals surface area (Å²) in [5.74, 6) is -0.413. The Morgan fingerprint density at radius 2 is 1.85 bits per heavy atom. The average Bonchev–Trinajstić information content (AvgIpc) is 3.10. The number of carbonyl (C=O) groups is 1. The van der Waals surface area contributed by atoms with Crippen molar-refractivity contribution in [3.05, 3.63) is 65.4 Å². The molecule has 0 radical (unpaired) electrons. The Labute approximate surface area is 161 Å². The van der Waals surface area contributed by atoms with Crippen LogP contribution in [0, 0.1) is 0 Å². The number of rotatable bonds is 5. The Bertz CT molecular complexity index is 1080. The number of benzene rings is 2. The van der Waals surface area contributed by atoms with Gasteiger partial charge in [0.1, 0.15) is 6.33 Å². The first kappa shape index (κ1) is 19.0. The predicted molar refractivity (Wildman–Crippen MR) is 102 cm³/mol. The molecule has 0 saturated carbocycles. The first-order chi connectivity index (χ1) is 12.8. The van der Waals surface area contributed by atoms with Crippen molar-refractivity contribution in [3.63, 3.8) is 0 Å². The van der Waals surface area contributed by atoms with Gasteiger partial charge in [-0.15, -0.1) is 0 Å². The summed E-state index contributed by atoms with van der Waals surface area (Å²) in [4.78, 5) is 16.7. The zero-order chi connectivity index (χ0) is 19.6. The highest BCUT2D eigenvalue weighted by Crippen LogP contribution is 2.23. The van der Waals surface area contributed by atoms with E-state index in [4.69, 9.17) is 11.6 Å². The fourth-order valence-electron chi connectivity index (χ4n) is 2.30. The van der Waals surface area contributed by atoms with Gasteiger partial charge in [0.2, 0.25) is 16.0 Å². The molecule has 1 heterocycles. The van der Waals surface area contributed by atoms with E-state index in [1.54, 1.807) is 0 Å². The van der Waals surface area contributed by atoms with E-state index >= 15 is 0 Å². The van der Waals surface area contributed by atoms with Crippen molar-refractivity contribution in [1.29, 1.82) is 0 Å². The number of aromatic nitrogens is 3. The minimum atomic E-state index is -3.70. The lowest BCUT2D eigenvalue weighted by Gasteiger charge is -2.13. The van der Waals surface area contributed by atoms with E-state index in [0.29, 0.717) is 5.69 Å². The standard InChI is InChI=1S/C17H16ClN5O3S/c1-22(2)27(25,26)13-8-9-15(18)14(10-13)16(24)21-17-19-11-20-23(17)12-6-4-3-5-7-12/h3-11H,1-2H3,(H,19,20,21,24). The van der Waals surface area contributed by atoms with Crippen LogP contribution in [-0.2, 0) is 10.0 Å². The topological polar surface area (TPSA) is 97.2 Å². The van der Waals surface area contributed by atoms with E-state index in [2.05, 4.69) is 15.4 Å². The molecular formula is C17H16ClN5O3S. The predicted octanol–water partition coefficient (Wildman–Crippen LogP) is 2.42. The summed E-state index contributed by atoms with van der Waals surface area (Å²) in [6.07, 6.45) is 1.30. The van der Waals surface area contributed by atoms with E-state index in [-0.39, 0.29) is 21.4 Å². The molecule has 0 aliphatic carbocycles. The van der Waals surface area contributed by atoms with Gasteiger partial charge in [0.25, 0.3) is 5.91 Å². The lowest BCUT2D eigenvalue weighted by molar-refractivity contribution is 0.102. The Morgan fingerprint density at radius 3 is 2.52 bits per heavy atom. The van der Waals surface area contributed by atoms with Crippen LogP contribution in [0.3, 0.4) is 0 Å². The van der Waals surface area contributed by atoms with Crippen LogP contribution in [0.1, 0.15) is 10.4 Å². The molecule has 27 heavy (non-hydrogen) atoms. The summed E-state index contributed by atoms with van der Waals surface area (Å²) in [7, 11) is -0.884. The molecule has 0 bridgehead atoms. The maximum atomic E-state index is 12.7. The van der Waals surface area contributed by atoms with Crippen LogP contribution in [0.15, 0.2) is 59.8 Å². The van der Waals surface area contributed by atoms with Crippen LogP contribution in [-0.4, -0.2) is 47.5 Å². The molecule has 10 heteroatoms. The Balaban J connectivity index is 1.94. The minimum Gasteiger partial charge on any atom is -0.290 e. The van der Waals surface area contributed by atoms with Crippen LogP contribution < -0.4 is 5.32 Å². The lowest BCUT2D eigenvalue weighted by atomic mass is 10.2. The second-order valence-corrected chi connectivity index (χ2v) is 8.27. The molecule has 1 aromatic heterocycles. The summed E-state index contributed by atoms with van der Waals surface area (Å²) in [5, 5.41) is 6.82. The molecule has 2 aromatic carbocycles. The Hall–Kier alpha value is -2.75. The van der Waals surface area contributed by atoms with Gasteiger partial charge in [-0.25, -0.2) is 12.7 Å². The zero-order valence-electron chi connectivity index (χ0n) is 14.5. The summed E-state index contributed by atoms with van der Waals surface area (Å²) in [6, 6.07) is 13.1. The molecule has 0 fully saturated rings. The molecule has 1 N–H and O–H groups in total. The van der Waals surface area contributed by atoms with Crippen molar-refractivity contribution in [2.75, 3.05) is 19.4 Å². The number of hydrogen-bond acceptors (Lipinski definition) is 5. The monoisotopic (exact) mass is 405 g/mol. The molecular weight excluding hydrogens is 390 g/mol. The third kappa shape index (κ3) is 3.85. The minimum absolute atomic E-state index is 0.0159. The van der Waals surface area contributed by atoms with Crippen molar-refractivity contribution in [2.24, 2.45) is 0 Å². The van der Waals surface area contributed by atoms with E-state index in [1.165, 1.54) is 43.3 Å². The van der Waals surface area contributed by atoms with Gasteiger partial charge in [-0.2, -0.15) is 14.8 Å². The maximum absolute atomic E-state index is 12.7. The summed E-state index contributed by atoms with van der Waals surface area (Å²) < 4.78 is 27.1. The fraction of sp³-hybridized carbons (Fsp3) is 0.118. The third-order valence-corrected chi connectivity index (χ3v) is 5.88. The van der Waals surface area contributed by atoms with E-state index < -0.39 is 15.9 Å². The first-order valence-corrected chi connectivity index (χ1v) is 9.61. The second-order valence-electron chi connectivity index (χ2n) is 5.71. The Morgan fingerprint density at radius 1 is 1.15 bits per heavy atom. The van der Waals surface area contributed by atoms with Gasteiger partial charge in [0, 0.05) is 14.1 Å². The third-order valence-electron chi connectivity index (χ3n) is 3.73. The summed E-state index contributed by atoms with van der Waals surface area (Å²) in [5.41, 5.74) is 0.725. The zero-order valence-corrected chi connectivity index (χ0v) is 16.1. The number of nitrogens with one attached hydrogen (secondary N) is 1. The van der Waals surface area contributed by atoms with Gasteiger partial charge in [0.05, 0.1) is 21.2 Å². The van der Waals surface area contributed by atoms with Crippen molar-refractivity contribution in [2.45, 2.75) is 4.90 Å². The van der Waals surface area contributed by atoms with E-state index in [1.807, 2.05) is 30.3 Å². The van der Waals surface area contributed by atoms with Crippen molar-refractivity contribution in [1.82, 2.24) is 19.1 Å². The Kier molecular flexibility index (Phi) is 5.26. The number of hydrogen-bond donors (Lipinski definition) is 1. The van der Waals surface area contributed by atoms with Gasteiger partial charge in [0.15, 0.2) is 0 Å². The van der Waals surface area contributed by atoms with Crippen LogP contribution in [0.4, 0.5) is 5.95 Å². The van der Waals surface area contributed by atoms with Crippen LogP contribution in [0.2, 0.25) is 5.02 Å². The lowest BCUT2D eigenvalue weighted by Crippen LogP contribution is -2.23. The highest BCUT2D eigenvalue weighted by atomic mass is 35.5. The highest BCUT2D eigenvalue weighted by Gasteiger charge is 2.21. The smallest absolute Gasteiger partial charge is 0.259 e. The van der Waals surface area contributed by atoms with Gasteiger partial charge in [-0.1, -0.05) is 29.8 Å². The molecule has 0 saturated heterocycles. The first-order valence-electron chi connectivity index (χ1n) is 7.79. The molecule has 1 amide bonds. The average molecular weight is 406 g/mol. The number of anilines is 1. The quantitative estimate of drug-likeness (QED) is 0.703. The van der Waals surface area contributed by atoms with Crippen molar-refractivity contribution < 1.29 is 13.2 Å². The van der Waals surface area contributed by atoms with Gasteiger partial charge in [-0.3, -0.25) is 10.1 Å². The summed E-state index contributed by atoms with van der Waals surface area (Å²) in [6.45, 7) is 0. The fourth-order valence-corrected chi connectivity index (χ4v) is 3.44. The van der Waals surface area contributed by atoms with Gasteiger partial charge in [-0.05, 0) is 30.3 Å². The van der Waals surface area contributed by atoms with Gasteiger partial charge < -0.3 is 0 Å². The maximum Gasteiger partial charge on any atom is 0.259 e. The molecule has 0 spiro atoms.